The Labute approximate surface area is 154 Å². The van der Waals surface area contributed by atoms with E-state index in [1.807, 2.05) is 13.1 Å². The monoisotopic (exact) mass is 386 g/mol. The highest BCUT2D eigenvalue weighted by Crippen LogP contribution is 2.22. The van der Waals surface area contributed by atoms with Crippen molar-refractivity contribution in [2.75, 3.05) is 20.1 Å². The van der Waals surface area contributed by atoms with Gasteiger partial charge < -0.3 is 15.4 Å². The molecular formula is C17H21F3N4OS. The van der Waals surface area contributed by atoms with E-state index < -0.39 is 6.36 Å². The van der Waals surface area contributed by atoms with Gasteiger partial charge >= 0.3 is 6.36 Å². The standard InChI is InChI=1S/C17H21F3N4OS/c1-12-11-24-15(26-12)8-10-23-16(21-2)22-9-7-13-3-5-14(6-4-13)25-17(18,19)20/h3-6,11H,7-10H2,1-2H3,(H2,21,22,23). The molecule has 26 heavy (non-hydrogen) atoms. The first-order chi connectivity index (χ1) is 12.4. The Morgan fingerprint density at radius 2 is 1.81 bits per heavy atom. The van der Waals surface area contributed by atoms with E-state index in [-0.39, 0.29) is 5.75 Å². The molecule has 0 radical (unpaired) electrons. The van der Waals surface area contributed by atoms with Crippen LogP contribution in [-0.2, 0) is 12.8 Å². The van der Waals surface area contributed by atoms with Crippen molar-refractivity contribution in [3.05, 3.63) is 45.9 Å². The molecule has 0 bridgehead atoms. The number of hydrogen-bond acceptors (Lipinski definition) is 4. The summed E-state index contributed by atoms with van der Waals surface area (Å²) in [5.74, 6) is 0.458. The molecule has 1 heterocycles. The molecule has 0 spiro atoms. The van der Waals surface area contributed by atoms with E-state index in [0.717, 1.165) is 23.5 Å². The molecule has 9 heteroatoms. The van der Waals surface area contributed by atoms with Crippen molar-refractivity contribution < 1.29 is 17.9 Å². The highest BCUT2D eigenvalue weighted by atomic mass is 32.1. The van der Waals surface area contributed by atoms with Gasteiger partial charge in [0.1, 0.15) is 5.75 Å². The van der Waals surface area contributed by atoms with Crippen molar-refractivity contribution in [2.45, 2.75) is 26.1 Å². The summed E-state index contributed by atoms with van der Waals surface area (Å²) in [6, 6.07) is 5.85. The lowest BCUT2D eigenvalue weighted by molar-refractivity contribution is -0.274. The summed E-state index contributed by atoms with van der Waals surface area (Å²) in [4.78, 5) is 9.64. The first-order valence-corrected chi connectivity index (χ1v) is 8.88. The van der Waals surface area contributed by atoms with E-state index in [0.29, 0.717) is 18.9 Å². The van der Waals surface area contributed by atoms with E-state index in [1.165, 1.54) is 17.0 Å². The first-order valence-electron chi connectivity index (χ1n) is 8.06. The molecule has 1 aromatic heterocycles. The third-order valence-electron chi connectivity index (χ3n) is 3.39. The van der Waals surface area contributed by atoms with Crippen molar-refractivity contribution in [1.82, 2.24) is 15.6 Å². The number of benzene rings is 1. The maximum absolute atomic E-state index is 12.1. The van der Waals surface area contributed by atoms with Gasteiger partial charge in [-0.1, -0.05) is 12.1 Å². The first kappa shape index (κ1) is 20.0. The average Bonchev–Trinajstić information content (AvgIpc) is 2.99. The molecular weight excluding hydrogens is 365 g/mol. The van der Waals surface area contributed by atoms with Crippen LogP contribution in [0.15, 0.2) is 35.5 Å². The average molecular weight is 386 g/mol. The third-order valence-corrected chi connectivity index (χ3v) is 4.36. The number of alkyl halides is 3. The molecule has 0 fully saturated rings. The molecule has 0 unspecified atom stereocenters. The van der Waals surface area contributed by atoms with Crippen LogP contribution in [-0.4, -0.2) is 37.4 Å². The van der Waals surface area contributed by atoms with Crippen molar-refractivity contribution in [2.24, 2.45) is 4.99 Å². The number of halogens is 3. The van der Waals surface area contributed by atoms with Crippen molar-refractivity contribution in [3.63, 3.8) is 0 Å². The summed E-state index contributed by atoms with van der Waals surface area (Å²) in [5, 5.41) is 7.46. The van der Waals surface area contributed by atoms with Gasteiger partial charge in [-0.15, -0.1) is 24.5 Å². The summed E-state index contributed by atoms with van der Waals surface area (Å²) in [6.45, 7) is 3.35. The van der Waals surface area contributed by atoms with Gasteiger partial charge in [-0.3, -0.25) is 4.99 Å². The third kappa shape index (κ3) is 7.30. The number of nitrogens with one attached hydrogen (secondary N) is 2. The highest BCUT2D eigenvalue weighted by molar-refractivity contribution is 7.11. The lowest BCUT2D eigenvalue weighted by Crippen LogP contribution is -2.39. The number of hydrogen-bond donors (Lipinski definition) is 2. The molecule has 0 amide bonds. The molecule has 0 saturated carbocycles. The predicted molar refractivity (Wildman–Crippen MR) is 96.7 cm³/mol. The fourth-order valence-corrected chi connectivity index (χ4v) is 3.00. The second-order valence-electron chi connectivity index (χ2n) is 5.48. The molecule has 2 aromatic rings. The maximum Gasteiger partial charge on any atom is 0.573 e. The van der Waals surface area contributed by atoms with Gasteiger partial charge in [-0.25, -0.2) is 4.98 Å². The van der Waals surface area contributed by atoms with E-state index >= 15 is 0 Å². The topological polar surface area (TPSA) is 58.5 Å². The minimum absolute atomic E-state index is 0.218. The van der Waals surface area contributed by atoms with Crippen LogP contribution in [0.1, 0.15) is 15.4 Å². The van der Waals surface area contributed by atoms with Crippen LogP contribution in [0.5, 0.6) is 5.75 Å². The molecule has 2 rings (SSSR count). The summed E-state index contributed by atoms with van der Waals surface area (Å²) in [6.07, 6.45) is -1.34. The summed E-state index contributed by atoms with van der Waals surface area (Å²) < 4.78 is 40.2. The van der Waals surface area contributed by atoms with Crippen LogP contribution >= 0.6 is 11.3 Å². The lowest BCUT2D eigenvalue weighted by atomic mass is 10.1. The molecule has 1 aromatic carbocycles. The van der Waals surface area contributed by atoms with Gasteiger partial charge in [0.25, 0.3) is 0 Å². The number of guanidine groups is 1. The Bertz CT molecular complexity index is 714. The van der Waals surface area contributed by atoms with Crippen LogP contribution in [0.2, 0.25) is 0 Å². The zero-order valence-electron chi connectivity index (χ0n) is 14.6. The zero-order chi connectivity index (χ0) is 19.0. The molecule has 2 N–H and O–H groups in total. The normalized spacial score (nSPS) is 12.1. The van der Waals surface area contributed by atoms with Gasteiger partial charge in [0.05, 0.1) is 5.01 Å². The minimum atomic E-state index is -4.67. The van der Waals surface area contributed by atoms with Gasteiger partial charge in [0, 0.05) is 37.6 Å². The lowest BCUT2D eigenvalue weighted by Gasteiger charge is -2.12. The summed E-state index contributed by atoms with van der Waals surface area (Å²) >= 11 is 1.67. The van der Waals surface area contributed by atoms with Gasteiger partial charge in [0.15, 0.2) is 5.96 Å². The van der Waals surface area contributed by atoms with Crippen LogP contribution in [0.3, 0.4) is 0 Å². The summed E-state index contributed by atoms with van der Waals surface area (Å²) in [7, 11) is 1.69. The molecule has 0 aliphatic heterocycles. The maximum atomic E-state index is 12.1. The number of rotatable bonds is 7. The molecule has 5 nitrogen and oxygen atoms in total. The quantitative estimate of drug-likeness (QED) is 0.566. The minimum Gasteiger partial charge on any atom is -0.406 e. The van der Waals surface area contributed by atoms with Crippen LogP contribution in [0, 0.1) is 6.92 Å². The number of aliphatic imine (C=N–C) groups is 1. The fraction of sp³-hybridized carbons (Fsp3) is 0.412. The number of aryl methyl sites for hydroxylation is 1. The predicted octanol–water partition coefficient (Wildman–Crippen LogP) is 3.30. The molecule has 142 valence electrons. The second-order valence-corrected chi connectivity index (χ2v) is 6.80. The molecule has 0 saturated heterocycles. The Morgan fingerprint density at radius 1 is 1.15 bits per heavy atom. The van der Waals surface area contributed by atoms with Gasteiger partial charge in [-0.2, -0.15) is 0 Å². The number of nitrogens with zero attached hydrogens (tertiary/aromatic N) is 2. The number of ether oxygens (including phenoxy) is 1. The van der Waals surface area contributed by atoms with Crippen LogP contribution in [0.25, 0.3) is 0 Å². The fourth-order valence-electron chi connectivity index (χ4n) is 2.21. The number of aromatic nitrogens is 1. The van der Waals surface area contributed by atoms with Crippen molar-refractivity contribution in [1.29, 1.82) is 0 Å². The number of thiazole rings is 1. The largest absolute Gasteiger partial charge is 0.573 e. The zero-order valence-corrected chi connectivity index (χ0v) is 15.4. The summed E-state index contributed by atoms with van der Waals surface area (Å²) in [5.41, 5.74) is 0.903. The smallest absolute Gasteiger partial charge is 0.406 e. The van der Waals surface area contributed by atoms with E-state index in [2.05, 4.69) is 25.3 Å². The van der Waals surface area contributed by atoms with Gasteiger partial charge in [0.2, 0.25) is 0 Å². The molecule has 0 aliphatic rings. The van der Waals surface area contributed by atoms with Gasteiger partial charge in [-0.05, 0) is 31.0 Å². The van der Waals surface area contributed by atoms with Crippen LogP contribution in [0.4, 0.5) is 13.2 Å². The van der Waals surface area contributed by atoms with Crippen LogP contribution < -0.4 is 15.4 Å². The Hall–Kier alpha value is -2.29. The highest BCUT2D eigenvalue weighted by Gasteiger charge is 2.30. The SMILES string of the molecule is CN=C(NCCc1ccc(OC(F)(F)F)cc1)NCCc1ncc(C)s1. The Morgan fingerprint density at radius 3 is 2.35 bits per heavy atom. The molecule has 0 atom stereocenters. The van der Waals surface area contributed by atoms with E-state index in [1.54, 1.807) is 30.5 Å². The van der Waals surface area contributed by atoms with Crippen molar-refractivity contribution >= 4 is 17.3 Å². The van der Waals surface area contributed by atoms with Crippen molar-refractivity contribution in [3.8, 4) is 5.75 Å². The van der Waals surface area contributed by atoms with E-state index in [9.17, 15) is 13.2 Å². The molecule has 0 aliphatic carbocycles. The Kier molecular flexibility index (Phi) is 7.26. The second kappa shape index (κ2) is 9.42. The van der Waals surface area contributed by atoms with E-state index in [4.69, 9.17) is 0 Å². The Balaban J connectivity index is 1.69.